The van der Waals surface area contributed by atoms with Crippen molar-refractivity contribution in [1.29, 1.82) is 0 Å². The number of rotatable bonds is 5. The molecule has 168 valence electrons. The van der Waals surface area contributed by atoms with Crippen LogP contribution in [0.1, 0.15) is 36.8 Å². The molecule has 32 heavy (non-hydrogen) atoms. The van der Waals surface area contributed by atoms with Gasteiger partial charge < -0.3 is 14.8 Å². The summed E-state index contributed by atoms with van der Waals surface area (Å²) in [6.45, 7) is 3.50. The van der Waals surface area contributed by atoms with E-state index in [4.69, 9.17) is 0 Å². The van der Waals surface area contributed by atoms with Crippen molar-refractivity contribution in [2.24, 2.45) is 5.92 Å². The third-order valence-electron chi connectivity index (χ3n) is 6.71. The molecule has 0 bridgehead atoms. The number of halogens is 3. The summed E-state index contributed by atoms with van der Waals surface area (Å²) < 4.78 is 41.3. The third kappa shape index (κ3) is 3.96. The highest BCUT2D eigenvalue weighted by Gasteiger charge is 2.32. The SMILES string of the molecule is Cc1cn(-c2cccc(N3CC(CC(=O)NC4CCC4)C3)c2)c2ccc(C(F)(F)F)cc12. The molecule has 0 unspecified atom stereocenters. The number of carbonyl (C=O) groups excluding carboxylic acids is 1. The predicted molar refractivity (Wildman–Crippen MR) is 119 cm³/mol. The summed E-state index contributed by atoms with van der Waals surface area (Å²) >= 11 is 0. The molecule has 1 aliphatic heterocycles. The maximum absolute atomic E-state index is 13.1. The number of amides is 1. The molecule has 2 heterocycles. The Morgan fingerprint density at radius 1 is 1.09 bits per heavy atom. The minimum Gasteiger partial charge on any atom is -0.371 e. The largest absolute Gasteiger partial charge is 0.416 e. The van der Waals surface area contributed by atoms with E-state index in [0.717, 1.165) is 54.5 Å². The van der Waals surface area contributed by atoms with Crippen LogP contribution >= 0.6 is 0 Å². The van der Waals surface area contributed by atoms with Crippen molar-refractivity contribution in [1.82, 2.24) is 9.88 Å². The average molecular weight is 441 g/mol. The van der Waals surface area contributed by atoms with E-state index in [0.29, 0.717) is 23.8 Å². The molecule has 1 saturated heterocycles. The number of benzene rings is 2. The van der Waals surface area contributed by atoms with Crippen LogP contribution in [0.2, 0.25) is 0 Å². The smallest absolute Gasteiger partial charge is 0.371 e. The summed E-state index contributed by atoms with van der Waals surface area (Å²) in [5.74, 6) is 0.509. The van der Waals surface area contributed by atoms with Crippen LogP contribution in [0.25, 0.3) is 16.6 Å². The highest BCUT2D eigenvalue weighted by atomic mass is 19.4. The maximum Gasteiger partial charge on any atom is 0.416 e. The first-order valence-corrected chi connectivity index (χ1v) is 11.1. The number of hydrogen-bond acceptors (Lipinski definition) is 2. The molecule has 2 aromatic carbocycles. The topological polar surface area (TPSA) is 37.3 Å². The van der Waals surface area contributed by atoms with Gasteiger partial charge in [-0.1, -0.05) is 6.07 Å². The summed E-state index contributed by atoms with van der Waals surface area (Å²) in [4.78, 5) is 14.4. The number of aryl methyl sites for hydroxylation is 1. The van der Waals surface area contributed by atoms with Crippen LogP contribution in [-0.4, -0.2) is 29.6 Å². The van der Waals surface area contributed by atoms with Gasteiger partial charge in [0, 0.05) is 54.4 Å². The Hall–Kier alpha value is -2.96. The van der Waals surface area contributed by atoms with E-state index < -0.39 is 11.7 Å². The normalized spacial score (nSPS) is 17.3. The van der Waals surface area contributed by atoms with Gasteiger partial charge in [0.2, 0.25) is 5.91 Å². The first kappa shape index (κ1) is 20.9. The second-order valence-corrected chi connectivity index (χ2v) is 9.10. The van der Waals surface area contributed by atoms with Crippen molar-refractivity contribution >= 4 is 22.5 Å². The molecule has 1 aromatic heterocycles. The van der Waals surface area contributed by atoms with Crippen LogP contribution in [-0.2, 0) is 11.0 Å². The summed E-state index contributed by atoms with van der Waals surface area (Å²) in [6, 6.07) is 12.3. The van der Waals surface area contributed by atoms with Gasteiger partial charge in [0.25, 0.3) is 0 Å². The molecule has 1 aliphatic carbocycles. The Balaban J connectivity index is 1.30. The Bertz CT molecular complexity index is 1160. The quantitative estimate of drug-likeness (QED) is 0.572. The molecule has 0 atom stereocenters. The zero-order chi connectivity index (χ0) is 22.5. The number of carbonyl (C=O) groups is 1. The van der Waals surface area contributed by atoms with Crippen LogP contribution in [0.15, 0.2) is 48.7 Å². The van der Waals surface area contributed by atoms with Gasteiger partial charge in [-0.3, -0.25) is 4.79 Å². The van der Waals surface area contributed by atoms with E-state index in [1.165, 1.54) is 18.6 Å². The van der Waals surface area contributed by atoms with Gasteiger partial charge in [0.05, 0.1) is 11.1 Å². The molecule has 1 N–H and O–H groups in total. The molecule has 0 radical (unpaired) electrons. The van der Waals surface area contributed by atoms with Gasteiger partial charge in [-0.15, -0.1) is 0 Å². The van der Waals surface area contributed by atoms with Crippen LogP contribution < -0.4 is 10.2 Å². The number of fused-ring (bicyclic) bond motifs is 1. The molecule has 3 aromatic rings. The lowest BCUT2D eigenvalue weighted by molar-refractivity contribution is -0.137. The molecule has 7 heteroatoms. The molecule has 2 fully saturated rings. The fourth-order valence-corrected chi connectivity index (χ4v) is 4.64. The Morgan fingerprint density at radius 2 is 1.84 bits per heavy atom. The van der Waals surface area contributed by atoms with E-state index in [1.54, 1.807) is 0 Å². The second-order valence-electron chi connectivity index (χ2n) is 9.10. The number of nitrogens with zero attached hydrogens (tertiary/aromatic N) is 2. The minimum atomic E-state index is -4.36. The fourth-order valence-electron chi connectivity index (χ4n) is 4.64. The molecule has 1 amide bonds. The first-order chi connectivity index (χ1) is 15.3. The molecule has 0 spiro atoms. The third-order valence-corrected chi connectivity index (χ3v) is 6.71. The van der Waals surface area contributed by atoms with Crippen molar-refractivity contribution in [2.45, 2.75) is 44.8 Å². The molecular weight excluding hydrogens is 415 g/mol. The standard InChI is InChI=1S/C25H26F3N3O/c1-16-13-31(23-9-8-18(11-22(16)23)25(26,27)28)21-7-3-6-20(12-21)30-14-17(15-30)10-24(32)29-19-4-2-5-19/h3,6-9,11-13,17,19H,2,4-5,10,14-15H2,1H3,(H,29,32). The average Bonchev–Trinajstić information content (AvgIpc) is 3.03. The lowest BCUT2D eigenvalue weighted by Gasteiger charge is -2.41. The van der Waals surface area contributed by atoms with Crippen molar-refractivity contribution in [3.8, 4) is 5.69 Å². The van der Waals surface area contributed by atoms with Gasteiger partial charge in [0.15, 0.2) is 0 Å². The van der Waals surface area contributed by atoms with Crippen molar-refractivity contribution < 1.29 is 18.0 Å². The van der Waals surface area contributed by atoms with Gasteiger partial charge in [0.1, 0.15) is 0 Å². The molecule has 1 saturated carbocycles. The molecule has 4 nitrogen and oxygen atoms in total. The van der Waals surface area contributed by atoms with Crippen LogP contribution in [0.4, 0.5) is 18.9 Å². The predicted octanol–water partition coefficient (Wildman–Crippen LogP) is 5.45. The molecular formula is C25H26F3N3O. The Morgan fingerprint density at radius 3 is 2.53 bits per heavy atom. The summed E-state index contributed by atoms with van der Waals surface area (Å²) in [5, 5.41) is 3.71. The minimum absolute atomic E-state index is 0.153. The number of anilines is 1. The summed E-state index contributed by atoms with van der Waals surface area (Å²) in [7, 11) is 0. The maximum atomic E-state index is 13.1. The summed E-state index contributed by atoms with van der Waals surface area (Å²) in [6.07, 6.45) is 1.49. The zero-order valence-corrected chi connectivity index (χ0v) is 18.0. The van der Waals surface area contributed by atoms with Crippen LogP contribution in [0, 0.1) is 12.8 Å². The van der Waals surface area contributed by atoms with E-state index in [9.17, 15) is 18.0 Å². The van der Waals surface area contributed by atoms with E-state index in [1.807, 2.05) is 35.9 Å². The summed E-state index contributed by atoms with van der Waals surface area (Å²) in [5.41, 5.74) is 2.89. The Labute approximate surface area is 185 Å². The van der Waals surface area contributed by atoms with Crippen molar-refractivity contribution in [3.63, 3.8) is 0 Å². The van der Waals surface area contributed by atoms with E-state index in [2.05, 4.69) is 16.3 Å². The van der Waals surface area contributed by atoms with Gasteiger partial charge >= 0.3 is 6.18 Å². The van der Waals surface area contributed by atoms with E-state index in [-0.39, 0.29) is 5.91 Å². The monoisotopic (exact) mass is 441 g/mol. The van der Waals surface area contributed by atoms with Crippen LogP contribution in [0.3, 0.4) is 0 Å². The van der Waals surface area contributed by atoms with Crippen molar-refractivity contribution in [3.05, 3.63) is 59.8 Å². The second kappa shape index (κ2) is 7.87. The van der Waals surface area contributed by atoms with Crippen molar-refractivity contribution in [2.75, 3.05) is 18.0 Å². The zero-order valence-electron chi connectivity index (χ0n) is 18.0. The number of nitrogens with one attached hydrogen (secondary N) is 1. The lowest BCUT2D eigenvalue weighted by Crippen LogP contribution is -2.49. The van der Waals surface area contributed by atoms with Gasteiger partial charge in [-0.25, -0.2) is 0 Å². The fraction of sp³-hybridized carbons (Fsp3) is 0.400. The van der Waals surface area contributed by atoms with Gasteiger partial charge in [-0.05, 0) is 68.1 Å². The molecule has 2 aliphatic rings. The molecule has 5 rings (SSSR count). The highest BCUT2D eigenvalue weighted by molar-refractivity contribution is 5.86. The van der Waals surface area contributed by atoms with Gasteiger partial charge in [-0.2, -0.15) is 13.2 Å². The Kier molecular flexibility index (Phi) is 5.14. The van der Waals surface area contributed by atoms with Crippen LogP contribution in [0.5, 0.6) is 0 Å². The lowest BCUT2D eigenvalue weighted by atomic mass is 9.91. The number of hydrogen-bond donors (Lipinski definition) is 1. The highest BCUT2D eigenvalue weighted by Crippen LogP contribution is 2.35. The first-order valence-electron chi connectivity index (χ1n) is 11.1. The van der Waals surface area contributed by atoms with E-state index >= 15 is 0 Å². The number of aromatic nitrogens is 1. The number of alkyl halides is 3.